The van der Waals surface area contributed by atoms with Crippen molar-refractivity contribution >= 4 is 17.8 Å². The fourth-order valence-corrected chi connectivity index (χ4v) is 3.14. The number of nitrogens with two attached hydrogens (primary N) is 1. The summed E-state index contributed by atoms with van der Waals surface area (Å²) in [5, 5.41) is 2.64. The number of carbonyl (C=O) groups excluding carboxylic acids is 3. The predicted octanol–water partition coefficient (Wildman–Crippen LogP) is 2.70. The van der Waals surface area contributed by atoms with Gasteiger partial charge < -0.3 is 15.8 Å². The van der Waals surface area contributed by atoms with Crippen molar-refractivity contribution in [2.45, 2.75) is 84.3 Å². The minimum Gasteiger partial charge on any atom is -0.444 e. The average Bonchev–Trinajstić information content (AvgIpc) is 3.22. The molecule has 0 bridgehead atoms. The summed E-state index contributed by atoms with van der Waals surface area (Å²) in [6.45, 7) is 5.66. The van der Waals surface area contributed by atoms with Gasteiger partial charge in [-0.2, -0.15) is 4.39 Å². The Kier molecular flexibility index (Phi) is 11.6. The Morgan fingerprint density at radius 2 is 1.88 bits per heavy atom. The van der Waals surface area contributed by atoms with Gasteiger partial charge in [-0.05, 0) is 46.5 Å². The van der Waals surface area contributed by atoms with E-state index in [1.165, 1.54) is 12.8 Å². The first-order chi connectivity index (χ1) is 15.0. The standard InChI is InChI=1S/C16H24FN3O4.C6H11NO/c1-16(2,3)24-15(23)19-8-6-4-5-7-12(21)10-20-11-18-9-13(17)14(20)22;7-6(8)5-3-1-2-4-5/h9,11H,4-8,10H2,1-3H3,(H,19,23);5H,1-4H2,(H2,7,8). The third-order valence-electron chi connectivity index (χ3n) is 4.76. The van der Waals surface area contributed by atoms with Crippen LogP contribution in [0.1, 0.15) is 72.1 Å². The summed E-state index contributed by atoms with van der Waals surface area (Å²) in [6, 6.07) is 0. The fraction of sp³-hybridized carbons (Fsp3) is 0.682. The lowest BCUT2D eigenvalue weighted by Crippen LogP contribution is -2.33. The van der Waals surface area contributed by atoms with Gasteiger partial charge in [0.15, 0.2) is 5.78 Å². The molecule has 180 valence electrons. The van der Waals surface area contributed by atoms with Crippen LogP contribution in [-0.2, 0) is 20.9 Å². The highest BCUT2D eigenvalue weighted by Gasteiger charge is 2.19. The number of halogens is 1. The van der Waals surface area contributed by atoms with E-state index in [-0.39, 0.29) is 30.6 Å². The maximum absolute atomic E-state index is 13.0. The minimum atomic E-state index is -0.974. The Labute approximate surface area is 187 Å². The van der Waals surface area contributed by atoms with Gasteiger partial charge in [0, 0.05) is 18.9 Å². The summed E-state index contributed by atoms with van der Waals surface area (Å²) >= 11 is 0. The summed E-state index contributed by atoms with van der Waals surface area (Å²) < 4.78 is 19.1. The van der Waals surface area contributed by atoms with E-state index in [0.29, 0.717) is 19.4 Å². The van der Waals surface area contributed by atoms with Crippen molar-refractivity contribution in [3.63, 3.8) is 0 Å². The van der Waals surface area contributed by atoms with E-state index in [1.54, 1.807) is 20.8 Å². The summed E-state index contributed by atoms with van der Waals surface area (Å²) in [4.78, 5) is 48.6. The SMILES string of the molecule is CC(C)(C)OC(=O)NCCCCCC(=O)Cn1cncc(F)c1=O.NC(=O)C1CCCC1. The van der Waals surface area contributed by atoms with Crippen LogP contribution >= 0.6 is 0 Å². The predicted molar refractivity (Wildman–Crippen MR) is 117 cm³/mol. The van der Waals surface area contributed by atoms with Crippen molar-refractivity contribution in [1.82, 2.24) is 14.9 Å². The number of unbranched alkanes of at least 4 members (excludes halogenated alkanes) is 2. The quantitative estimate of drug-likeness (QED) is 0.551. The summed E-state index contributed by atoms with van der Waals surface area (Å²) in [7, 11) is 0. The van der Waals surface area contributed by atoms with Crippen molar-refractivity contribution < 1.29 is 23.5 Å². The number of hydrogen-bond donors (Lipinski definition) is 2. The average molecular weight is 455 g/mol. The number of Topliss-reactive ketones (excluding diaryl/α,β-unsaturated/α-hetero) is 1. The number of primary amides is 1. The maximum Gasteiger partial charge on any atom is 0.407 e. The zero-order valence-corrected chi connectivity index (χ0v) is 19.2. The lowest BCUT2D eigenvalue weighted by atomic mass is 10.1. The Balaban J connectivity index is 0.000000533. The minimum absolute atomic E-state index is 0.109. The molecule has 3 N–H and O–H groups in total. The van der Waals surface area contributed by atoms with E-state index in [1.807, 2.05) is 0 Å². The van der Waals surface area contributed by atoms with E-state index < -0.39 is 23.1 Å². The van der Waals surface area contributed by atoms with Crippen LogP contribution in [0.5, 0.6) is 0 Å². The molecule has 1 aromatic rings. The van der Waals surface area contributed by atoms with Crippen LogP contribution < -0.4 is 16.6 Å². The van der Waals surface area contributed by atoms with Gasteiger partial charge in [-0.25, -0.2) is 9.78 Å². The van der Waals surface area contributed by atoms with Gasteiger partial charge in [0.05, 0.1) is 19.1 Å². The largest absolute Gasteiger partial charge is 0.444 e. The van der Waals surface area contributed by atoms with Crippen LogP contribution in [0, 0.1) is 11.7 Å². The zero-order chi connectivity index (χ0) is 24.1. The first kappa shape index (κ1) is 27.3. The maximum atomic E-state index is 13.0. The number of amides is 2. The van der Waals surface area contributed by atoms with Crippen LogP contribution in [0.2, 0.25) is 0 Å². The Morgan fingerprint density at radius 1 is 1.22 bits per heavy atom. The summed E-state index contributed by atoms with van der Waals surface area (Å²) in [5.41, 5.74) is 3.68. The number of nitrogens with one attached hydrogen (secondary N) is 1. The molecule has 0 radical (unpaired) electrons. The van der Waals surface area contributed by atoms with Gasteiger partial charge in [0.1, 0.15) is 5.60 Å². The normalized spacial score (nSPS) is 13.8. The summed E-state index contributed by atoms with van der Waals surface area (Å²) in [6.07, 6.45) is 8.31. The van der Waals surface area contributed by atoms with Gasteiger partial charge in [0.25, 0.3) is 5.56 Å². The molecule has 1 aliphatic carbocycles. The molecule has 0 spiro atoms. The number of rotatable bonds is 9. The number of alkyl carbamates (subject to hydrolysis) is 1. The molecule has 1 fully saturated rings. The molecule has 1 saturated carbocycles. The van der Waals surface area contributed by atoms with E-state index in [2.05, 4.69) is 10.3 Å². The molecule has 0 aromatic carbocycles. The van der Waals surface area contributed by atoms with E-state index in [4.69, 9.17) is 10.5 Å². The monoisotopic (exact) mass is 454 g/mol. The molecule has 1 heterocycles. The highest BCUT2D eigenvalue weighted by Crippen LogP contribution is 2.23. The van der Waals surface area contributed by atoms with Crippen molar-refractivity contribution in [3.8, 4) is 0 Å². The van der Waals surface area contributed by atoms with Crippen LogP contribution in [0.3, 0.4) is 0 Å². The van der Waals surface area contributed by atoms with Crippen LogP contribution in [-0.4, -0.2) is 39.5 Å². The molecule has 32 heavy (non-hydrogen) atoms. The van der Waals surface area contributed by atoms with Gasteiger partial charge >= 0.3 is 6.09 Å². The van der Waals surface area contributed by atoms with Gasteiger partial charge in [0.2, 0.25) is 11.7 Å². The van der Waals surface area contributed by atoms with Gasteiger partial charge in [-0.15, -0.1) is 0 Å². The highest BCUT2D eigenvalue weighted by atomic mass is 19.1. The van der Waals surface area contributed by atoms with E-state index in [9.17, 15) is 23.6 Å². The topological polar surface area (TPSA) is 133 Å². The number of aromatic nitrogens is 2. The van der Waals surface area contributed by atoms with Gasteiger partial charge in [-0.3, -0.25) is 19.0 Å². The molecule has 10 heteroatoms. The smallest absolute Gasteiger partial charge is 0.407 e. The number of carbonyl (C=O) groups is 3. The first-order valence-electron chi connectivity index (χ1n) is 11.0. The highest BCUT2D eigenvalue weighted by molar-refractivity contribution is 5.78. The third-order valence-corrected chi connectivity index (χ3v) is 4.76. The van der Waals surface area contributed by atoms with Crippen LogP contribution in [0.4, 0.5) is 9.18 Å². The number of nitrogens with zero attached hydrogens (tertiary/aromatic N) is 2. The third kappa shape index (κ3) is 11.6. The fourth-order valence-electron chi connectivity index (χ4n) is 3.14. The molecule has 0 atom stereocenters. The van der Waals surface area contributed by atoms with Crippen LogP contribution in [0.15, 0.2) is 17.3 Å². The molecule has 2 rings (SSSR count). The van der Waals surface area contributed by atoms with Crippen molar-refractivity contribution in [1.29, 1.82) is 0 Å². The second-order valence-electron chi connectivity index (χ2n) is 8.84. The molecule has 0 unspecified atom stereocenters. The second-order valence-corrected chi connectivity index (χ2v) is 8.84. The molecule has 1 aliphatic rings. The van der Waals surface area contributed by atoms with Crippen LogP contribution in [0.25, 0.3) is 0 Å². The second kappa shape index (κ2) is 13.6. The Hall–Kier alpha value is -2.78. The number of hydrogen-bond acceptors (Lipinski definition) is 6. The first-order valence-corrected chi connectivity index (χ1v) is 11.0. The van der Waals surface area contributed by atoms with Crippen molar-refractivity contribution in [2.24, 2.45) is 11.7 Å². The molecule has 1 aromatic heterocycles. The molecule has 0 aliphatic heterocycles. The zero-order valence-electron chi connectivity index (χ0n) is 19.2. The molecule has 2 amide bonds. The summed E-state index contributed by atoms with van der Waals surface area (Å²) in [5.74, 6) is -1.04. The lowest BCUT2D eigenvalue weighted by molar-refractivity contribution is -0.121. The van der Waals surface area contributed by atoms with Gasteiger partial charge in [-0.1, -0.05) is 19.3 Å². The molecular formula is C22H35FN4O5. The van der Waals surface area contributed by atoms with Crippen molar-refractivity contribution in [3.05, 3.63) is 28.7 Å². The number of ether oxygens (including phenoxy) is 1. The molecule has 0 saturated heterocycles. The van der Waals surface area contributed by atoms with E-state index >= 15 is 0 Å². The molecule has 9 nitrogen and oxygen atoms in total. The Morgan fingerprint density at radius 3 is 2.44 bits per heavy atom. The van der Waals surface area contributed by atoms with E-state index in [0.717, 1.165) is 36.4 Å². The van der Waals surface area contributed by atoms with Crippen molar-refractivity contribution in [2.75, 3.05) is 6.54 Å². The molecular weight excluding hydrogens is 419 g/mol. The number of ketones is 1. The lowest BCUT2D eigenvalue weighted by Gasteiger charge is -2.19. The Bertz CT molecular complexity index is 813.